The molecule has 35 heavy (non-hydrogen) atoms. The second-order valence-corrected chi connectivity index (χ2v) is 11.7. The lowest BCUT2D eigenvalue weighted by molar-refractivity contribution is -0.132. The minimum atomic E-state index is -3.91. The number of nitrogens with zero attached hydrogens (tertiary/aromatic N) is 2. The van der Waals surface area contributed by atoms with Crippen LogP contribution in [0.15, 0.2) is 58.8 Å². The van der Waals surface area contributed by atoms with E-state index < -0.39 is 10.0 Å². The Morgan fingerprint density at radius 2 is 1.60 bits per heavy atom. The van der Waals surface area contributed by atoms with Crippen molar-refractivity contribution < 1.29 is 17.9 Å². The molecular weight excluding hydrogens is 480 g/mol. The zero-order valence-electron chi connectivity index (χ0n) is 21.1. The lowest BCUT2D eigenvalue weighted by Gasteiger charge is -2.28. The normalized spacial score (nSPS) is 11.7. The number of carbonyl (C=O) groups is 1. The molecule has 0 fully saturated rings. The molecule has 0 aliphatic carbocycles. The molecular formula is C27H34N2O4S2. The monoisotopic (exact) mass is 514 g/mol. The van der Waals surface area contributed by atoms with Crippen molar-refractivity contribution in [3.8, 4) is 0 Å². The van der Waals surface area contributed by atoms with E-state index in [0.717, 1.165) is 21.6 Å². The van der Waals surface area contributed by atoms with E-state index in [9.17, 15) is 13.2 Å². The number of thiophene rings is 1. The fraction of sp³-hybridized carbons (Fsp3) is 0.370. The van der Waals surface area contributed by atoms with Crippen LogP contribution in [0.5, 0.6) is 0 Å². The Labute approximate surface area is 213 Å². The summed E-state index contributed by atoms with van der Waals surface area (Å²) >= 11 is 1.60. The summed E-state index contributed by atoms with van der Waals surface area (Å²) in [5.41, 5.74) is 4.46. The van der Waals surface area contributed by atoms with Crippen LogP contribution >= 0.6 is 11.3 Å². The Morgan fingerprint density at radius 1 is 0.943 bits per heavy atom. The van der Waals surface area contributed by atoms with Crippen LogP contribution in [-0.2, 0) is 32.6 Å². The molecule has 0 unspecified atom stereocenters. The van der Waals surface area contributed by atoms with Crippen molar-refractivity contribution in [2.45, 2.75) is 45.7 Å². The molecule has 0 N–H and O–H groups in total. The number of ether oxygens (including phenoxy) is 1. The Morgan fingerprint density at radius 3 is 2.17 bits per heavy atom. The van der Waals surface area contributed by atoms with Crippen molar-refractivity contribution in [3.63, 3.8) is 0 Å². The average molecular weight is 515 g/mol. The number of hydrogen-bond donors (Lipinski definition) is 0. The molecule has 1 aromatic heterocycles. The SMILES string of the molecule is COCCN(CC(=O)N(Cc1ccccc1)Cc1sccc1C)S(=O)(=O)c1c(C)cc(C)cc1C. The van der Waals surface area contributed by atoms with Gasteiger partial charge < -0.3 is 9.64 Å². The zero-order valence-corrected chi connectivity index (χ0v) is 22.7. The summed E-state index contributed by atoms with van der Waals surface area (Å²) < 4.78 is 34.0. The molecule has 188 valence electrons. The molecule has 0 spiro atoms. The van der Waals surface area contributed by atoms with E-state index in [1.807, 2.05) is 67.8 Å². The molecule has 0 saturated carbocycles. The third-order valence-corrected chi connectivity index (χ3v) is 9.09. The zero-order chi connectivity index (χ0) is 25.6. The maximum atomic E-state index is 13.8. The summed E-state index contributed by atoms with van der Waals surface area (Å²) in [5.74, 6) is -0.247. The van der Waals surface area contributed by atoms with Crippen LogP contribution in [0.4, 0.5) is 0 Å². The van der Waals surface area contributed by atoms with E-state index in [1.54, 1.807) is 30.1 Å². The second-order valence-electron chi connectivity index (χ2n) is 8.82. The molecule has 8 heteroatoms. The second kappa shape index (κ2) is 11.9. The van der Waals surface area contributed by atoms with Crippen LogP contribution in [0.1, 0.15) is 32.7 Å². The van der Waals surface area contributed by atoms with E-state index in [4.69, 9.17) is 4.74 Å². The number of hydrogen-bond acceptors (Lipinski definition) is 5. The summed E-state index contributed by atoms with van der Waals surface area (Å²) in [6, 6.07) is 15.5. The van der Waals surface area contributed by atoms with Crippen molar-refractivity contribution in [3.05, 3.63) is 86.6 Å². The van der Waals surface area contributed by atoms with Gasteiger partial charge in [-0.25, -0.2) is 8.42 Å². The largest absolute Gasteiger partial charge is 0.383 e. The number of amides is 1. The summed E-state index contributed by atoms with van der Waals surface area (Å²) in [4.78, 5) is 16.7. The van der Waals surface area contributed by atoms with Gasteiger partial charge >= 0.3 is 0 Å². The van der Waals surface area contributed by atoms with E-state index in [0.29, 0.717) is 24.2 Å². The topological polar surface area (TPSA) is 66.9 Å². The van der Waals surface area contributed by atoms with Crippen LogP contribution in [0.3, 0.4) is 0 Å². The van der Waals surface area contributed by atoms with E-state index in [2.05, 4.69) is 0 Å². The average Bonchev–Trinajstić information content (AvgIpc) is 3.20. The van der Waals surface area contributed by atoms with Gasteiger partial charge in [-0.05, 0) is 61.4 Å². The molecule has 0 saturated heterocycles. The predicted octanol–water partition coefficient (Wildman–Crippen LogP) is 4.85. The number of benzene rings is 2. The maximum absolute atomic E-state index is 13.8. The van der Waals surface area contributed by atoms with Crippen molar-refractivity contribution >= 4 is 27.3 Å². The van der Waals surface area contributed by atoms with Crippen LogP contribution in [0, 0.1) is 27.7 Å². The predicted molar refractivity (Wildman–Crippen MR) is 141 cm³/mol. The van der Waals surface area contributed by atoms with E-state index >= 15 is 0 Å². The van der Waals surface area contributed by atoms with Crippen molar-refractivity contribution in [1.82, 2.24) is 9.21 Å². The van der Waals surface area contributed by atoms with Gasteiger partial charge in [0.2, 0.25) is 15.9 Å². The highest BCUT2D eigenvalue weighted by Gasteiger charge is 2.31. The molecule has 6 nitrogen and oxygen atoms in total. The van der Waals surface area contributed by atoms with Gasteiger partial charge in [-0.15, -0.1) is 11.3 Å². The standard InChI is InChI=1S/C27H34N2O4S2/c1-20-15-22(3)27(23(4)16-20)35(31,32)29(12-13-33-5)19-26(30)28(17-24-9-7-6-8-10-24)18-25-21(2)11-14-34-25/h6-11,14-16H,12-13,17-19H2,1-5H3. The van der Waals surface area contributed by atoms with Gasteiger partial charge in [0.25, 0.3) is 0 Å². The lowest BCUT2D eigenvalue weighted by Crippen LogP contribution is -2.44. The summed E-state index contributed by atoms with van der Waals surface area (Å²) in [6.07, 6.45) is 0. The fourth-order valence-corrected chi connectivity index (χ4v) is 6.91. The first-order valence-electron chi connectivity index (χ1n) is 11.5. The minimum Gasteiger partial charge on any atom is -0.383 e. The summed E-state index contributed by atoms with van der Waals surface area (Å²) in [7, 11) is -2.39. The molecule has 0 atom stereocenters. The van der Waals surface area contributed by atoms with Gasteiger partial charge in [-0.2, -0.15) is 4.31 Å². The van der Waals surface area contributed by atoms with Gasteiger partial charge in [-0.1, -0.05) is 48.0 Å². The van der Waals surface area contributed by atoms with Gasteiger partial charge in [-0.3, -0.25) is 4.79 Å². The quantitative estimate of drug-likeness (QED) is 0.367. The number of rotatable bonds is 11. The van der Waals surface area contributed by atoms with Gasteiger partial charge in [0, 0.05) is 25.1 Å². The molecule has 1 heterocycles. The first-order chi connectivity index (χ1) is 16.6. The Bertz CT molecular complexity index is 1230. The molecule has 0 radical (unpaired) electrons. The smallest absolute Gasteiger partial charge is 0.244 e. The summed E-state index contributed by atoms with van der Waals surface area (Å²) in [5, 5.41) is 2.01. The highest BCUT2D eigenvalue weighted by molar-refractivity contribution is 7.89. The first kappa shape index (κ1) is 27.1. The fourth-order valence-electron chi connectivity index (χ4n) is 4.21. The van der Waals surface area contributed by atoms with Crippen LogP contribution in [-0.4, -0.2) is 50.3 Å². The van der Waals surface area contributed by atoms with Gasteiger partial charge in [0.1, 0.15) is 0 Å². The van der Waals surface area contributed by atoms with Crippen molar-refractivity contribution in [2.24, 2.45) is 0 Å². The Balaban J connectivity index is 1.93. The maximum Gasteiger partial charge on any atom is 0.244 e. The highest BCUT2D eigenvalue weighted by Crippen LogP contribution is 2.26. The van der Waals surface area contributed by atoms with E-state index in [1.165, 1.54) is 11.4 Å². The van der Waals surface area contributed by atoms with Crippen LogP contribution < -0.4 is 0 Å². The third kappa shape index (κ3) is 6.79. The van der Waals surface area contributed by atoms with Crippen LogP contribution in [0.25, 0.3) is 0 Å². The molecule has 1 amide bonds. The minimum absolute atomic E-state index is 0.0918. The van der Waals surface area contributed by atoms with Crippen LogP contribution in [0.2, 0.25) is 0 Å². The third-order valence-electron chi connectivity index (χ3n) is 5.93. The molecule has 0 aliphatic heterocycles. The number of methoxy groups -OCH3 is 1. The summed E-state index contributed by atoms with van der Waals surface area (Å²) in [6.45, 7) is 8.42. The first-order valence-corrected chi connectivity index (χ1v) is 13.9. The molecule has 2 aromatic carbocycles. The Hall–Kier alpha value is -2.52. The molecule has 3 rings (SSSR count). The number of aryl methyl sites for hydroxylation is 4. The van der Waals surface area contributed by atoms with Gasteiger partial charge in [0.15, 0.2) is 0 Å². The Kier molecular flexibility index (Phi) is 9.24. The molecule has 0 aliphatic rings. The lowest BCUT2D eigenvalue weighted by atomic mass is 10.1. The molecule has 3 aromatic rings. The van der Waals surface area contributed by atoms with Crippen molar-refractivity contribution in [1.29, 1.82) is 0 Å². The van der Waals surface area contributed by atoms with Crippen molar-refractivity contribution in [2.75, 3.05) is 26.8 Å². The van der Waals surface area contributed by atoms with E-state index in [-0.39, 0.29) is 30.5 Å². The molecule has 0 bridgehead atoms. The highest BCUT2D eigenvalue weighted by atomic mass is 32.2. The number of sulfonamides is 1. The number of carbonyl (C=O) groups excluding carboxylic acids is 1. The van der Waals surface area contributed by atoms with Gasteiger partial charge in [0.05, 0.1) is 24.6 Å².